The summed E-state index contributed by atoms with van der Waals surface area (Å²) in [5.41, 5.74) is 1.47. The quantitative estimate of drug-likeness (QED) is 0.573. The van der Waals surface area contributed by atoms with Gasteiger partial charge in [-0.1, -0.05) is 64.2 Å². The standard InChI is InChI=1S/C15H24OSi/c1-15(2,3)17(4,5)14(12-16)11-13-9-7-6-8-10-13/h6-10,12,14H,11H2,1-5H3. The maximum atomic E-state index is 11.4. The molecule has 1 rings (SSSR count). The third kappa shape index (κ3) is 3.29. The van der Waals surface area contributed by atoms with E-state index in [-0.39, 0.29) is 10.6 Å². The second kappa shape index (κ2) is 5.17. The van der Waals surface area contributed by atoms with Gasteiger partial charge in [0.05, 0.1) is 8.07 Å². The molecule has 1 aromatic carbocycles. The summed E-state index contributed by atoms with van der Waals surface area (Å²) in [5, 5.41) is 0.257. The van der Waals surface area contributed by atoms with Crippen LogP contribution in [0, 0.1) is 0 Å². The van der Waals surface area contributed by atoms with Gasteiger partial charge in [0.15, 0.2) is 0 Å². The largest absolute Gasteiger partial charge is 0.303 e. The number of rotatable bonds is 4. The van der Waals surface area contributed by atoms with Crippen molar-refractivity contribution in [3.8, 4) is 0 Å². The van der Waals surface area contributed by atoms with Crippen LogP contribution in [0.2, 0.25) is 23.7 Å². The third-order valence-corrected chi connectivity index (χ3v) is 10.4. The summed E-state index contributed by atoms with van der Waals surface area (Å²) in [7, 11) is -1.59. The van der Waals surface area contributed by atoms with E-state index >= 15 is 0 Å². The van der Waals surface area contributed by atoms with E-state index in [9.17, 15) is 4.79 Å². The zero-order valence-electron chi connectivity index (χ0n) is 11.7. The van der Waals surface area contributed by atoms with Gasteiger partial charge in [-0.15, -0.1) is 0 Å². The van der Waals surface area contributed by atoms with Crippen LogP contribution in [0.25, 0.3) is 0 Å². The number of benzene rings is 1. The number of hydrogen-bond donors (Lipinski definition) is 0. The predicted molar refractivity (Wildman–Crippen MR) is 77.2 cm³/mol. The molecule has 0 aliphatic carbocycles. The van der Waals surface area contributed by atoms with Crippen LogP contribution < -0.4 is 0 Å². The van der Waals surface area contributed by atoms with E-state index in [2.05, 4.69) is 46.0 Å². The number of carbonyl (C=O) groups is 1. The number of aldehydes is 1. The van der Waals surface area contributed by atoms with E-state index in [4.69, 9.17) is 0 Å². The Labute approximate surface area is 106 Å². The second-order valence-electron chi connectivity index (χ2n) is 6.40. The zero-order chi connectivity index (χ0) is 13.1. The van der Waals surface area contributed by atoms with Crippen LogP contribution in [-0.4, -0.2) is 14.4 Å². The van der Waals surface area contributed by atoms with E-state index < -0.39 is 8.07 Å². The zero-order valence-corrected chi connectivity index (χ0v) is 12.7. The molecule has 2 heteroatoms. The van der Waals surface area contributed by atoms with Crippen molar-refractivity contribution in [3.63, 3.8) is 0 Å². The highest BCUT2D eigenvalue weighted by atomic mass is 28.3. The molecule has 0 spiro atoms. The topological polar surface area (TPSA) is 17.1 Å². The summed E-state index contributed by atoms with van der Waals surface area (Å²) in [4.78, 5) is 11.4. The highest BCUT2D eigenvalue weighted by Gasteiger charge is 2.41. The van der Waals surface area contributed by atoms with Crippen molar-refractivity contribution in [1.82, 2.24) is 0 Å². The number of hydrogen-bond acceptors (Lipinski definition) is 1. The van der Waals surface area contributed by atoms with Gasteiger partial charge >= 0.3 is 0 Å². The summed E-state index contributed by atoms with van der Waals surface area (Å²) in [6, 6.07) is 10.3. The minimum atomic E-state index is -1.59. The van der Waals surface area contributed by atoms with Crippen molar-refractivity contribution < 1.29 is 4.79 Å². The van der Waals surface area contributed by atoms with Crippen molar-refractivity contribution >= 4 is 14.4 Å². The summed E-state index contributed by atoms with van der Waals surface area (Å²) >= 11 is 0. The molecule has 0 fully saturated rings. The monoisotopic (exact) mass is 248 g/mol. The Balaban J connectivity index is 2.90. The van der Waals surface area contributed by atoms with Crippen molar-refractivity contribution in [3.05, 3.63) is 35.9 Å². The first kappa shape index (κ1) is 14.2. The summed E-state index contributed by atoms with van der Waals surface area (Å²) in [6.45, 7) is 11.5. The molecule has 0 radical (unpaired) electrons. The summed E-state index contributed by atoms with van der Waals surface area (Å²) < 4.78 is 0. The lowest BCUT2D eigenvalue weighted by Gasteiger charge is -2.41. The molecule has 0 saturated heterocycles. The van der Waals surface area contributed by atoms with E-state index in [1.165, 1.54) is 11.8 Å². The van der Waals surface area contributed by atoms with Gasteiger partial charge in [0.25, 0.3) is 0 Å². The van der Waals surface area contributed by atoms with E-state index in [0.717, 1.165) is 6.42 Å². The van der Waals surface area contributed by atoms with Gasteiger partial charge in [-0.2, -0.15) is 0 Å². The van der Waals surface area contributed by atoms with Gasteiger partial charge in [-0.3, -0.25) is 0 Å². The molecule has 0 amide bonds. The highest BCUT2D eigenvalue weighted by Crippen LogP contribution is 2.43. The summed E-state index contributed by atoms with van der Waals surface area (Å²) in [5.74, 6) is 0. The normalized spacial score (nSPS) is 14.4. The van der Waals surface area contributed by atoms with Gasteiger partial charge in [-0.05, 0) is 17.0 Å². The van der Waals surface area contributed by atoms with Crippen molar-refractivity contribution in [2.75, 3.05) is 0 Å². The highest BCUT2D eigenvalue weighted by molar-refractivity contribution is 6.83. The predicted octanol–water partition coefficient (Wildman–Crippen LogP) is 4.31. The second-order valence-corrected chi connectivity index (χ2v) is 12.1. The van der Waals surface area contributed by atoms with Crippen LogP contribution in [0.1, 0.15) is 26.3 Å². The number of carbonyl (C=O) groups excluding carboxylic acids is 1. The molecule has 1 atom stereocenters. The fraction of sp³-hybridized carbons (Fsp3) is 0.533. The molecule has 0 saturated carbocycles. The molecule has 94 valence electrons. The van der Waals surface area contributed by atoms with Crippen LogP contribution >= 0.6 is 0 Å². The molecular formula is C15H24OSi. The van der Waals surface area contributed by atoms with Crippen LogP contribution in [-0.2, 0) is 11.2 Å². The first-order valence-electron chi connectivity index (χ1n) is 6.28. The molecule has 0 aliphatic heterocycles. The maximum Gasteiger partial charge on any atom is 0.120 e. The lowest BCUT2D eigenvalue weighted by atomic mass is 10.1. The Bertz CT molecular complexity index is 362. The van der Waals surface area contributed by atoms with Crippen LogP contribution in [0.15, 0.2) is 30.3 Å². The first-order valence-corrected chi connectivity index (χ1v) is 9.36. The molecule has 0 N–H and O–H groups in total. The van der Waals surface area contributed by atoms with Gasteiger partial charge in [0, 0.05) is 5.54 Å². The minimum absolute atomic E-state index is 0.199. The molecule has 0 bridgehead atoms. The van der Waals surface area contributed by atoms with Crippen molar-refractivity contribution in [1.29, 1.82) is 0 Å². The third-order valence-electron chi connectivity index (χ3n) is 4.32. The lowest BCUT2D eigenvalue weighted by Crippen LogP contribution is -2.43. The smallest absolute Gasteiger partial charge is 0.120 e. The molecule has 1 unspecified atom stereocenters. The van der Waals surface area contributed by atoms with Crippen molar-refractivity contribution in [2.45, 2.75) is 50.9 Å². The Hall–Kier alpha value is -0.893. The van der Waals surface area contributed by atoms with Crippen LogP contribution in [0.4, 0.5) is 0 Å². The SMILES string of the molecule is CC(C)(C)[Si](C)(C)C(C=O)Cc1ccccc1. The van der Waals surface area contributed by atoms with Gasteiger partial charge in [0.1, 0.15) is 6.29 Å². The Morgan fingerprint density at radius 3 is 2.12 bits per heavy atom. The summed E-state index contributed by atoms with van der Waals surface area (Å²) in [6.07, 6.45) is 2.07. The van der Waals surface area contributed by atoms with Gasteiger partial charge in [0.2, 0.25) is 0 Å². The molecule has 0 aromatic heterocycles. The Morgan fingerprint density at radius 1 is 1.18 bits per heavy atom. The fourth-order valence-corrected chi connectivity index (χ4v) is 4.10. The maximum absolute atomic E-state index is 11.4. The average Bonchev–Trinajstić information content (AvgIpc) is 2.25. The first-order chi connectivity index (χ1) is 7.79. The molecule has 1 aromatic rings. The lowest BCUT2D eigenvalue weighted by molar-refractivity contribution is -0.107. The molecule has 1 nitrogen and oxygen atoms in total. The van der Waals surface area contributed by atoms with Crippen molar-refractivity contribution in [2.24, 2.45) is 0 Å². The van der Waals surface area contributed by atoms with Gasteiger partial charge in [-0.25, -0.2) is 0 Å². The molecule has 17 heavy (non-hydrogen) atoms. The molecule has 0 aliphatic rings. The van der Waals surface area contributed by atoms with Gasteiger partial charge < -0.3 is 4.79 Å². The van der Waals surface area contributed by atoms with E-state index in [1.54, 1.807) is 0 Å². The Kier molecular flexibility index (Phi) is 4.31. The minimum Gasteiger partial charge on any atom is -0.303 e. The fourth-order valence-electron chi connectivity index (χ4n) is 1.90. The van der Waals surface area contributed by atoms with E-state index in [1.807, 2.05) is 18.2 Å². The Morgan fingerprint density at radius 2 is 1.71 bits per heavy atom. The average molecular weight is 248 g/mol. The molecular weight excluding hydrogens is 224 g/mol. The van der Waals surface area contributed by atoms with E-state index in [0.29, 0.717) is 0 Å². The van der Waals surface area contributed by atoms with Crippen LogP contribution in [0.3, 0.4) is 0 Å². The van der Waals surface area contributed by atoms with Crippen LogP contribution in [0.5, 0.6) is 0 Å². The molecule has 0 heterocycles.